The number of aromatic nitrogens is 1. The van der Waals surface area contributed by atoms with Crippen LogP contribution in [0.25, 0.3) is 10.9 Å². The average molecular weight is 276 g/mol. The first-order chi connectivity index (χ1) is 10.1. The first kappa shape index (κ1) is 13.6. The molecular weight excluding hydrogens is 256 g/mol. The Balaban J connectivity index is 1.94. The van der Waals surface area contributed by atoms with Gasteiger partial charge in [0.1, 0.15) is 0 Å². The zero-order valence-corrected chi connectivity index (χ0v) is 12.7. The summed E-state index contributed by atoms with van der Waals surface area (Å²) in [6.07, 6.45) is 1.86. The number of aryl methyl sites for hydroxylation is 2. The Morgan fingerprint density at radius 1 is 0.952 bits per heavy atom. The van der Waals surface area contributed by atoms with E-state index in [1.165, 1.54) is 16.7 Å². The normalized spacial score (nSPS) is 12.3. The number of rotatable bonds is 3. The molecule has 0 aliphatic carbocycles. The van der Waals surface area contributed by atoms with E-state index in [1.54, 1.807) is 0 Å². The number of fused-ring (bicyclic) bond motifs is 1. The van der Waals surface area contributed by atoms with Crippen molar-refractivity contribution in [1.29, 1.82) is 0 Å². The van der Waals surface area contributed by atoms with E-state index in [9.17, 15) is 0 Å². The van der Waals surface area contributed by atoms with Crippen LogP contribution < -0.4 is 5.32 Å². The average Bonchev–Trinajstić information content (AvgIpc) is 2.46. The van der Waals surface area contributed by atoms with Gasteiger partial charge in [0.05, 0.1) is 5.52 Å². The second-order valence-electron chi connectivity index (χ2n) is 5.66. The molecule has 2 nitrogen and oxygen atoms in total. The van der Waals surface area contributed by atoms with E-state index in [-0.39, 0.29) is 6.04 Å². The van der Waals surface area contributed by atoms with Crippen LogP contribution in [0.3, 0.4) is 0 Å². The van der Waals surface area contributed by atoms with Gasteiger partial charge in [0.15, 0.2) is 0 Å². The summed E-state index contributed by atoms with van der Waals surface area (Å²) < 4.78 is 0. The second kappa shape index (κ2) is 5.57. The Labute approximate surface area is 125 Å². The minimum atomic E-state index is 0.259. The van der Waals surface area contributed by atoms with Crippen molar-refractivity contribution in [1.82, 2.24) is 4.98 Å². The topological polar surface area (TPSA) is 24.9 Å². The molecule has 1 atom stereocenters. The van der Waals surface area contributed by atoms with Gasteiger partial charge in [-0.25, -0.2) is 0 Å². The quantitative estimate of drug-likeness (QED) is 0.726. The van der Waals surface area contributed by atoms with Crippen LogP contribution in [0.2, 0.25) is 0 Å². The van der Waals surface area contributed by atoms with Gasteiger partial charge in [0.25, 0.3) is 0 Å². The molecule has 0 bridgehead atoms. The summed E-state index contributed by atoms with van der Waals surface area (Å²) in [6.45, 7) is 6.49. The SMILES string of the molecule is Cc1cc(C)cc(C(C)Nc2ccnc3ccccc23)c1. The zero-order valence-electron chi connectivity index (χ0n) is 12.7. The van der Waals surface area contributed by atoms with E-state index in [1.807, 2.05) is 24.4 Å². The number of nitrogens with one attached hydrogen (secondary N) is 1. The van der Waals surface area contributed by atoms with E-state index >= 15 is 0 Å². The lowest BCUT2D eigenvalue weighted by Gasteiger charge is -2.18. The highest BCUT2D eigenvalue weighted by molar-refractivity contribution is 5.91. The Morgan fingerprint density at radius 2 is 1.67 bits per heavy atom. The summed E-state index contributed by atoms with van der Waals surface area (Å²) in [4.78, 5) is 4.41. The van der Waals surface area contributed by atoms with Crippen molar-refractivity contribution in [2.75, 3.05) is 5.32 Å². The van der Waals surface area contributed by atoms with Crippen molar-refractivity contribution < 1.29 is 0 Å². The van der Waals surface area contributed by atoms with Crippen LogP contribution in [-0.2, 0) is 0 Å². The molecule has 1 heterocycles. The fraction of sp³-hybridized carbons (Fsp3) is 0.211. The molecule has 1 unspecified atom stereocenters. The number of nitrogens with zero attached hydrogens (tertiary/aromatic N) is 1. The molecule has 3 aromatic rings. The molecule has 2 heteroatoms. The minimum Gasteiger partial charge on any atom is -0.378 e. The Hall–Kier alpha value is -2.35. The van der Waals surface area contributed by atoms with Gasteiger partial charge in [-0.3, -0.25) is 4.98 Å². The molecule has 0 aliphatic heterocycles. The van der Waals surface area contributed by atoms with E-state index < -0.39 is 0 Å². The summed E-state index contributed by atoms with van der Waals surface area (Å²) in [7, 11) is 0. The summed E-state index contributed by atoms with van der Waals surface area (Å²) >= 11 is 0. The third-order valence-electron chi connectivity index (χ3n) is 3.77. The van der Waals surface area contributed by atoms with Gasteiger partial charge in [-0.05, 0) is 38.5 Å². The van der Waals surface area contributed by atoms with Crippen LogP contribution in [0.1, 0.15) is 29.7 Å². The van der Waals surface area contributed by atoms with Crippen LogP contribution in [0.4, 0.5) is 5.69 Å². The Bertz CT molecular complexity index is 752. The van der Waals surface area contributed by atoms with Gasteiger partial charge in [0, 0.05) is 23.3 Å². The lowest BCUT2D eigenvalue weighted by Crippen LogP contribution is -2.07. The fourth-order valence-corrected chi connectivity index (χ4v) is 2.80. The summed E-state index contributed by atoms with van der Waals surface area (Å²) in [6, 6.07) is 17.2. The maximum atomic E-state index is 4.41. The fourth-order valence-electron chi connectivity index (χ4n) is 2.80. The molecule has 0 radical (unpaired) electrons. The molecule has 0 amide bonds. The molecule has 1 N–H and O–H groups in total. The van der Waals surface area contributed by atoms with Crippen molar-refractivity contribution in [3.63, 3.8) is 0 Å². The molecule has 0 saturated heterocycles. The van der Waals surface area contributed by atoms with Crippen molar-refractivity contribution in [3.8, 4) is 0 Å². The first-order valence-electron chi connectivity index (χ1n) is 7.32. The maximum Gasteiger partial charge on any atom is 0.0722 e. The van der Waals surface area contributed by atoms with E-state index in [4.69, 9.17) is 0 Å². The van der Waals surface area contributed by atoms with Crippen LogP contribution in [0.5, 0.6) is 0 Å². The highest BCUT2D eigenvalue weighted by Gasteiger charge is 2.08. The van der Waals surface area contributed by atoms with Crippen molar-refractivity contribution in [3.05, 3.63) is 71.4 Å². The summed E-state index contributed by atoms with van der Waals surface area (Å²) in [5, 5.41) is 4.78. The van der Waals surface area contributed by atoms with Gasteiger partial charge in [-0.1, -0.05) is 47.5 Å². The van der Waals surface area contributed by atoms with Crippen molar-refractivity contribution in [2.24, 2.45) is 0 Å². The van der Waals surface area contributed by atoms with Crippen molar-refractivity contribution >= 4 is 16.6 Å². The number of hydrogen-bond acceptors (Lipinski definition) is 2. The predicted octanol–water partition coefficient (Wildman–Crippen LogP) is 5.02. The monoisotopic (exact) mass is 276 g/mol. The molecule has 106 valence electrons. The van der Waals surface area contributed by atoms with Gasteiger partial charge in [-0.2, -0.15) is 0 Å². The largest absolute Gasteiger partial charge is 0.378 e. The molecule has 0 fully saturated rings. The van der Waals surface area contributed by atoms with Gasteiger partial charge < -0.3 is 5.32 Å². The number of benzene rings is 2. The molecule has 1 aromatic heterocycles. The Morgan fingerprint density at radius 3 is 2.43 bits per heavy atom. The molecule has 0 spiro atoms. The number of anilines is 1. The third kappa shape index (κ3) is 2.89. The molecule has 21 heavy (non-hydrogen) atoms. The minimum absolute atomic E-state index is 0.259. The standard InChI is InChI=1S/C19H20N2/c1-13-10-14(2)12-16(11-13)15(3)21-19-8-9-20-18-7-5-4-6-17(18)19/h4-12,15H,1-3H3,(H,20,21). The van der Waals surface area contributed by atoms with Crippen LogP contribution in [-0.4, -0.2) is 4.98 Å². The third-order valence-corrected chi connectivity index (χ3v) is 3.77. The first-order valence-corrected chi connectivity index (χ1v) is 7.32. The maximum absolute atomic E-state index is 4.41. The summed E-state index contributed by atoms with van der Waals surface area (Å²) in [5.41, 5.74) is 6.08. The molecule has 3 rings (SSSR count). The van der Waals surface area contributed by atoms with Gasteiger partial charge in [-0.15, -0.1) is 0 Å². The van der Waals surface area contributed by atoms with E-state index in [0.717, 1.165) is 16.6 Å². The molecule has 0 aliphatic rings. The second-order valence-corrected chi connectivity index (χ2v) is 5.66. The van der Waals surface area contributed by atoms with E-state index in [0.29, 0.717) is 0 Å². The zero-order chi connectivity index (χ0) is 14.8. The number of hydrogen-bond donors (Lipinski definition) is 1. The molecular formula is C19H20N2. The number of para-hydroxylation sites is 1. The van der Waals surface area contributed by atoms with Crippen LogP contribution in [0, 0.1) is 13.8 Å². The highest BCUT2D eigenvalue weighted by Crippen LogP contribution is 2.26. The molecule has 2 aromatic carbocycles. The van der Waals surface area contributed by atoms with Gasteiger partial charge >= 0.3 is 0 Å². The van der Waals surface area contributed by atoms with E-state index in [2.05, 4.69) is 61.4 Å². The summed E-state index contributed by atoms with van der Waals surface area (Å²) in [5.74, 6) is 0. The molecule has 0 saturated carbocycles. The highest BCUT2D eigenvalue weighted by atomic mass is 14.9. The van der Waals surface area contributed by atoms with Crippen LogP contribution in [0.15, 0.2) is 54.7 Å². The lowest BCUT2D eigenvalue weighted by atomic mass is 10.0. The number of pyridine rings is 1. The van der Waals surface area contributed by atoms with Crippen molar-refractivity contribution in [2.45, 2.75) is 26.8 Å². The Kier molecular flexibility index (Phi) is 3.61. The smallest absolute Gasteiger partial charge is 0.0722 e. The lowest BCUT2D eigenvalue weighted by molar-refractivity contribution is 0.882. The predicted molar refractivity (Wildman–Crippen MR) is 89.7 cm³/mol. The van der Waals surface area contributed by atoms with Gasteiger partial charge in [0.2, 0.25) is 0 Å². The van der Waals surface area contributed by atoms with Crippen LogP contribution >= 0.6 is 0 Å².